The average molecular weight is 349 g/mol. The minimum Gasteiger partial charge on any atom is -0.483 e. The van der Waals surface area contributed by atoms with E-state index in [2.05, 4.69) is 5.32 Å². The number of hydrogen-bond acceptors (Lipinski definition) is 5. The minimum atomic E-state index is -0.622. The molecule has 0 saturated carbocycles. The molecule has 24 heavy (non-hydrogen) atoms. The van der Waals surface area contributed by atoms with Gasteiger partial charge in [0, 0.05) is 12.1 Å². The molecule has 0 fully saturated rings. The number of hydrogen-bond donors (Lipinski definition) is 1. The lowest BCUT2D eigenvalue weighted by molar-refractivity contribution is -0.384. The summed E-state index contributed by atoms with van der Waals surface area (Å²) in [7, 11) is 0. The van der Waals surface area contributed by atoms with Crippen LogP contribution in [0.4, 0.5) is 11.4 Å². The Labute approximate surface area is 142 Å². The van der Waals surface area contributed by atoms with Gasteiger partial charge in [0.2, 0.25) is 0 Å². The lowest BCUT2D eigenvalue weighted by Crippen LogP contribution is -2.20. The van der Waals surface area contributed by atoms with Crippen LogP contribution in [-0.2, 0) is 4.79 Å². The highest BCUT2D eigenvalue weighted by molar-refractivity contribution is 6.33. The van der Waals surface area contributed by atoms with Crippen LogP contribution in [0.3, 0.4) is 0 Å². The van der Waals surface area contributed by atoms with Gasteiger partial charge in [-0.1, -0.05) is 17.7 Å². The number of ether oxygens (including phenoxy) is 1. The molecule has 0 unspecified atom stereocenters. The highest BCUT2D eigenvalue weighted by Crippen LogP contribution is 2.24. The molecule has 1 N–H and O–H groups in total. The first-order chi connectivity index (χ1) is 11.4. The molecule has 1 amide bonds. The lowest BCUT2D eigenvalue weighted by atomic mass is 10.2. The van der Waals surface area contributed by atoms with Gasteiger partial charge in [-0.3, -0.25) is 19.7 Å². The number of amides is 1. The zero-order valence-electron chi connectivity index (χ0n) is 12.6. The number of non-ortho nitro benzene ring substituents is 1. The number of nitro benzene ring substituents is 1. The fraction of sp³-hybridized carbons (Fsp3) is 0.125. The molecular weight excluding hydrogens is 336 g/mol. The van der Waals surface area contributed by atoms with Crippen LogP contribution in [-0.4, -0.2) is 23.7 Å². The maximum Gasteiger partial charge on any atom is 0.270 e. The number of aldehydes is 1. The van der Waals surface area contributed by atoms with Crippen molar-refractivity contribution < 1.29 is 19.2 Å². The van der Waals surface area contributed by atoms with Crippen molar-refractivity contribution in [3.05, 3.63) is 62.7 Å². The van der Waals surface area contributed by atoms with Gasteiger partial charge >= 0.3 is 0 Å². The molecular formula is C16H13ClN2O5. The van der Waals surface area contributed by atoms with E-state index in [0.717, 1.165) is 11.6 Å². The monoisotopic (exact) mass is 348 g/mol. The van der Waals surface area contributed by atoms with Crippen molar-refractivity contribution in [1.29, 1.82) is 0 Å². The van der Waals surface area contributed by atoms with Crippen LogP contribution in [0.2, 0.25) is 5.02 Å². The Morgan fingerprint density at radius 1 is 1.33 bits per heavy atom. The summed E-state index contributed by atoms with van der Waals surface area (Å²) in [5.74, 6) is -0.392. The van der Waals surface area contributed by atoms with E-state index in [9.17, 15) is 19.7 Å². The molecule has 0 spiro atoms. The summed E-state index contributed by atoms with van der Waals surface area (Å²) < 4.78 is 5.25. The Bertz CT molecular complexity index is 807. The van der Waals surface area contributed by atoms with Crippen LogP contribution >= 0.6 is 11.6 Å². The highest BCUT2D eigenvalue weighted by Gasteiger charge is 2.13. The van der Waals surface area contributed by atoms with E-state index in [1.165, 1.54) is 12.1 Å². The molecule has 0 saturated heterocycles. The molecule has 0 aliphatic heterocycles. The van der Waals surface area contributed by atoms with Gasteiger partial charge in [0.25, 0.3) is 11.6 Å². The second-order valence-electron chi connectivity index (χ2n) is 4.92. The molecule has 2 rings (SSSR count). The van der Waals surface area contributed by atoms with Crippen molar-refractivity contribution in [3.8, 4) is 5.75 Å². The SMILES string of the molecule is Cc1ccc(NC(=O)COc2ccc([N+](=O)[O-])cc2C=O)c(Cl)c1. The molecule has 2 aromatic carbocycles. The molecule has 0 aliphatic rings. The van der Waals surface area contributed by atoms with Gasteiger partial charge in [0.15, 0.2) is 12.9 Å². The third-order valence-electron chi connectivity index (χ3n) is 3.09. The van der Waals surface area contributed by atoms with Crippen LogP contribution in [0.1, 0.15) is 15.9 Å². The highest BCUT2D eigenvalue weighted by atomic mass is 35.5. The molecule has 124 valence electrons. The van der Waals surface area contributed by atoms with E-state index in [1.54, 1.807) is 18.2 Å². The predicted molar refractivity (Wildman–Crippen MR) is 88.8 cm³/mol. The minimum absolute atomic E-state index is 0.00892. The second-order valence-corrected chi connectivity index (χ2v) is 5.32. The van der Waals surface area contributed by atoms with Gasteiger partial charge in [0.1, 0.15) is 5.75 Å². The lowest BCUT2D eigenvalue weighted by Gasteiger charge is -2.10. The Hall–Kier alpha value is -2.93. The van der Waals surface area contributed by atoms with E-state index < -0.39 is 10.8 Å². The number of rotatable bonds is 6. The Kier molecular flexibility index (Phi) is 5.49. The Morgan fingerprint density at radius 3 is 2.71 bits per heavy atom. The zero-order valence-corrected chi connectivity index (χ0v) is 13.4. The molecule has 0 aliphatic carbocycles. The summed E-state index contributed by atoms with van der Waals surface area (Å²) in [5, 5.41) is 13.7. The number of nitrogens with one attached hydrogen (secondary N) is 1. The normalized spacial score (nSPS) is 10.1. The van der Waals surface area contributed by atoms with E-state index in [-0.39, 0.29) is 23.6 Å². The van der Waals surface area contributed by atoms with Crippen molar-refractivity contribution in [2.45, 2.75) is 6.92 Å². The summed E-state index contributed by atoms with van der Waals surface area (Å²) in [6.45, 7) is 1.50. The standard InChI is InChI=1S/C16H13ClN2O5/c1-10-2-4-14(13(17)6-10)18-16(21)9-24-15-5-3-12(19(22)23)7-11(15)8-20/h2-8H,9H2,1H3,(H,18,21). The number of halogens is 1. The van der Waals surface area contributed by atoms with Gasteiger partial charge in [-0.15, -0.1) is 0 Å². The largest absolute Gasteiger partial charge is 0.483 e. The number of benzene rings is 2. The van der Waals surface area contributed by atoms with Gasteiger partial charge in [-0.05, 0) is 30.7 Å². The Morgan fingerprint density at radius 2 is 2.08 bits per heavy atom. The first-order valence-corrected chi connectivity index (χ1v) is 7.21. The molecule has 2 aromatic rings. The first kappa shape index (κ1) is 17.4. The number of nitro groups is 1. The third kappa shape index (κ3) is 4.30. The smallest absolute Gasteiger partial charge is 0.270 e. The second kappa shape index (κ2) is 7.56. The quantitative estimate of drug-likeness (QED) is 0.490. The third-order valence-corrected chi connectivity index (χ3v) is 3.40. The van der Waals surface area contributed by atoms with Gasteiger partial charge in [-0.25, -0.2) is 0 Å². The molecule has 0 aromatic heterocycles. The molecule has 7 nitrogen and oxygen atoms in total. The van der Waals surface area contributed by atoms with Crippen molar-refractivity contribution in [3.63, 3.8) is 0 Å². The van der Waals surface area contributed by atoms with E-state index in [4.69, 9.17) is 16.3 Å². The number of carbonyl (C=O) groups is 2. The zero-order chi connectivity index (χ0) is 17.7. The predicted octanol–water partition coefficient (Wildman–Crippen LogP) is 3.39. The topological polar surface area (TPSA) is 98.5 Å². The fourth-order valence-electron chi connectivity index (χ4n) is 1.92. The first-order valence-electron chi connectivity index (χ1n) is 6.83. The molecule has 0 bridgehead atoms. The van der Waals surface area contributed by atoms with E-state index >= 15 is 0 Å². The summed E-state index contributed by atoms with van der Waals surface area (Å²) in [6, 6.07) is 8.71. The van der Waals surface area contributed by atoms with Crippen molar-refractivity contribution in [1.82, 2.24) is 0 Å². The van der Waals surface area contributed by atoms with E-state index in [0.29, 0.717) is 17.0 Å². The molecule has 8 heteroatoms. The van der Waals surface area contributed by atoms with E-state index in [1.807, 2.05) is 6.92 Å². The van der Waals surface area contributed by atoms with Crippen molar-refractivity contribution in [2.75, 3.05) is 11.9 Å². The fourth-order valence-corrected chi connectivity index (χ4v) is 2.21. The number of anilines is 1. The Balaban J connectivity index is 2.03. The molecule has 0 heterocycles. The van der Waals surface area contributed by atoms with Crippen molar-refractivity contribution in [2.24, 2.45) is 0 Å². The average Bonchev–Trinajstić information content (AvgIpc) is 2.55. The number of nitrogens with zero attached hydrogens (tertiary/aromatic N) is 1. The molecule has 0 atom stereocenters. The van der Waals surface area contributed by atoms with Gasteiger partial charge in [0.05, 0.1) is 21.2 Å². The summed E-state index contributed by atoms with van der Waals surface area (Å²) in [6.07, 6.45) is 0.428. The van der Waals surface area contributed by atoms with Crippen molar-refractivity contribution >= 4 is 35.2 Å². The number of aryl methyl sites for hydroxylation is 1. The number of carbonyl (C=O) groups excluding carboxylic acids is 2. The van der Waals surface area contributed by atoms with Gasteiger partial charge < -0.3 is 10.1 Å². The van der Waals surface area contributed by atoms with Crippen LogP contribution < -0.4 is 10.1 Å². The summed E-state index contributed by atoms with van der Waals surface area (Å²) in [4.78, 5) is 33.0. The van der Waals surface area contributed by atoms with Crippen LogP contribution in [0.5, 0.6) is 5.75 Å². The maximum absolute atomic E-state index is 11.9. The summed E-state index contributed by atoms with van der Waals surface area (Å²) in [5.41, 5.74) is 1.15. The van der Waals surface area contributed by atoms with Crippen LogP contribution in [0.25, 0.3) is 0 Å². The summed E-state index contributed by atoms with van der Waals surface area (Å²) >= 11 is 6.02. The van der Waals surface area contributed by atoms with Crippen LogP contribution in [0.15, 0.2) is 36.4 Å². The molecule has 0 radical (unpaired) electrons. The van der Waals surface area contributed by atoms with Gasteiger partial charge in [-0.2, -0.15) is 0 Å². The van der Waals surface area contributed by atoms with Crippen LogP contribution in [0, 0.1) is 17.0 Å². The maximum atomic E-state index is 11.9.